The molecule has 0 spiro atoms. The van der Waals surface area contributed by atoms with E-state index in [9.17, 15) is 18.0 Å². The fraction of sp³-hybridized carbons (Fsp3) is 0.364. The SMILES string of the molecule is COC(=O)CC(CN)c1cc(F)c(F)c(F)c1. The number of esters is 1. The van der Waals surface area contributed by atoms with Crippen LogP contribution >= 0.6 is 0 Å². The number of hydrogen-bond donors (Lipinski definition) is 1. The van der Waals surface area contributed by atoms with Gasteiger partial charge < -0.3 is 10.5 Å². The molecule has 0 aliphatic carbocycles. The zero-order valence-electron chi connectivity index (χ0n) is 9.17. The second-order valence-electron chi connectivity index (χ2n) is 3.51. The van der Waals surface area contributed by atoms with E-state index in [1.54, 1.807) is 0 Å². The van der Waals surface area contributed by atoms with Crippen molar-refractivity contribution < 1.29 is 22.7 Å². The van der Waals surface area contributed by atoms with Gasteiger partial charge in [0.25, 0.3) is 0 Å². The molecule has 0 aliphatic rings. The molecule has 3 nitrogen and oxygen atoms in total. The first-order valence-corrected chi connectivity index (χ1v) is 4.91. The van der Waals surface area contributed by atoms with E-state index in [1.165, 1.54) is 7.11 Å². The van der Waals surface area contributed by atoms with Gasteiger partial charge in [-0.1, -0.05) is 0 Å². The molecule has 2 N–H and O–H groups in total. The minimum atomic E-state index is -1.54. The van der Waals surface area contributed by atoms with Crippen LogP contribution in [0.15, 0.2) is 12.1 Å². The third kappa shape index (κ3) is 3.20. The Hall–Kier alpha value is -1.56. The normalized spacial score (nSPS) is 12.3. The van der Waals surface area contributed by atoms with Crippen molar-refractivity contribution in [3.8, 4) is 0 Å². The number of methoxy groups -OCH3 is 1. The molecule has 1 atom stereocenters. The second kappa shape index (κ2) is 5.67. The molecular formula is C11H12F3NO2. The summed E-state index contributed by atoms with van der Waals surface area (Å²) in [5.74, 6) is -5.30. The molecule has 1 aromatic carbocycles. The van der Waals surface area contributed by atoms with Gasteiger partial charge in [-0.2, -0.15) is 0 Å². The Morgan fingerprint density at radius 2 is 1.88 bits per heavy atom. The summed E-state index contributed by atoms with van der Waals surface area (Å²) in [6.07, 6.45) is -0.114. The molecule has 0 fully saturated rings. The van der Waals surface area contributed by atoms with Crippen LogP contribution in [0.1, 0.15) is 17.9 Å². The number of hydrogen-bond acceptors (Lipinski definition) is 3. The quantitative estimate of drug-likeness (QED) is 0.651. The summed E-state index contributed by atoms with van der Waals surface area (Å²) in [6, 6.07) is 1.66. The van der Waals surface area contributed by atoms with Gasteiger partial charge in [-0.25, -0.2) is 13.2 Å². The molecule has 0 saturated carbocycles. The molecule has 1 rings (SSSR count). The summed E-state index contributed by atoms with van der Waals surface area (Å²) in [5, 5.41) is 0. The van der Waals surface area contributed by atoms with Crippen LogP contribution in [0.4, 0.5) is 13.2 Å². The van der Waals surface area contributed by atoms with E-state index < -0.39 is 29.3 Å². The minimum absolute atomic E-state index is 0.000385. The molecule has 94 valence electrons. The van der Waals surface area contributed by atoms with Gasteiger partial charge in [-0.3, -0.25) is 4.79 Å². The van der Waals surface area contributed by atoms with Crippen molar-refractivity contribution in [1.82, 2.24) is 0 Å². The van der Waals surface area contributed by atoms with E-state index in [-0.39, 0.29) is 18.5 Å². The van der Waals surface area contributed by atoms with Crippen LogP contribution in [0.2, 0.25) is 0 Å². The van der Waals surface area contributed by atoms with Crippen LogP contribution in [0.3, 0.4) is 0 Å². The van der Waals surface area contributed by atoms with Crippen molar-refractivity contribution in [2.75, 3.05) is 13.7 Å². The van der Waals surface area contributed by atoms with Crippen LogP contribution in [0.25, 0.3) is 0 Å². The molecule has 17 heavy (non-hydrogen) atoms. The summed E-state index contributed by atoms with van der Waals surface area (Å²) in [4.78, 5) is 11.1. The van der Waals surface area contributed by atoms with Crippen LogP contribution in [0.5, 0.6) is 0 Å². The highest BCUT2D eigenvalue weighted by Crippen LogP contribution is 2.23. The molecule has 0 amide bonds. The number of benzene rings is 1. The minimum Gasteiger partial charge on any atom is -0.469 e. The lowest BCUT2D eigenvalue weighted by Crippen LogP contribution is -2.18. The van der Waals surface area contributed by atoms with Gasteiger partial charge in [0.2, 0.25) is 0 Å². The van der Waals surface area contributed by atoms with Crippen molar-refractivity contribution >= 4 is 5.97 Å². The molecule has 0 aliphatic heterocycles. The smallest absolute Gasteiger partial charge is 0.306 e. The van der Waals surface area contributed by atoms with Crippen LogP contribution in [-0.4, -0.2) is 19.6 Å². The average Bonchev–Trinajstić information content (AvgIpc) is 2.31. The maximum Gasteiger partial charge on any atom is 0.306 e. The largest absolute Gasteiger partial charge is 0.469 e. The number of rotatable bonds is 4. The van der Waals surface area contributed by atoms with Gasteiger partial charge in [-0.05, 0) is 24.2 Å². The first-order chi connectivity index (χ1) is 7.99. The van der Waals surface area contributed by atoms with Crippen LogP contribution in [-0.2, 0) is 9.53 Å². The molecule has 1 unspecified atom stereocenters. The number of carbonyl (C=O) groups excluding carboxylic acids is 1. The standard InChI is InChI=1S/C11H12F3NO2/c1-17-10(16)4-7(5-15)6-2-8(12)11(14)9(13)3-6/h2-3,7H,4-5,15H2,1H3. The third-order valence-corrected chi connectivity index (χ3v) is 2.40. The van der Waals surface area contributed by atoms with Crippen molar-refractivity contribution in [3.05, 3.63) is 35.1 Å². The first-order valence-electron chi connectivity index (χ1n) is 4.91. The average molecular weight is 247 g/mol. The zero-order valence-corrected chi connectivity index (χ0v) is 9.17. The lowest BCUT2D eigenvalue weighted by Gasteiger charge is -2.14. The molecule has 0 heterocycles. The zero-order chi connectivity index (χ0) is 13.0. The monoisotopic (exact) mass is 247 g/mol. The predicted octanol–water partition coefficient (Wildman–Crippen LogP) is 1.71. The molecule has 0 bridgehead atoms. The number of nitrogens with two attached hydrogens (primary N) is 1. The molecular weight excluding hydrogens is 235 g/mol. The van der Waals surface area contributed by atoms with E-state index in [2.05, 4.69) is 4.74 Å². The van der Waals surface area contributed by atoms with E-state index in [4.69, 9.17) is 5.73 Å². The lowest BCUT2D eigenvalue weighted by atomic mass is 9.95. The molecule has 0 radical (unpaired) electrons. The molecule has 1 aromatic rings. The Bertz CT molecular complexity index is 400. The van der Waals surface area contributed by atoms with Gasteiger partial charge >= 0.3 is 5.97 Å². The summed E-state index contributed by atoms with van der Waals surface area (Å²) in [6.45, 7) is -0.000385. The molecule has 0 aromatic heterocycles. The number of ether oxygens (including phenoxy) is 1. The highest BCUT2D eigenvalue weighted by atomic mass is 19.2. The number of carbonyl (C=O) groups is 1. The highest BCUT2D eigenvalue weighted by molar-refractivity contribution is 5.70. The Morgan fingerprint density at radius 1 is 1.35 bits per heavy atom. The van der Waals surface area contributed by atoms with E-state index in [0.29, 0.717) is 0 Å². The topological polar surface area (TPSA) is 52.3 Å². The van der Waals surface area contributed by atoms with Crippen molar-refractivity contribution in [2.24, 2.45) is 5.73 Å². The van der Waals surface area contributed by atoms with Gasteiger partial charge in [-0.15, -0.1) is 0 Å². The highest BCUT2D eigenvalue weighted by Gasteiger charge is 2.19. The van der Waals surface area contributed by atoms with E-state index in [1.807, 2.05) is 0 Å². The fourth-order valence-corrected chi connectivity index (χ4v) is 1.43. The van der Waals surface area contributed by atoms with Crippen LogP contribution < -0.4 is 5.73 Å². The fourth-order valence-electron chi connectivity index (χ4n) is 1.43. The third-order valence-electron chi connectivity index (χ3n) is 2.40. The van der Waals surface area contributed by atoms with Gasteiger partial charge in [0, 0.05) is 5.92 Å². The Morgan fingerprint density at radius 3 is 2.29 bits per heavy atom. The van der Waals surface area contributed by atoms with E-state index >= 15 is 0 Å². The molecule has 0 saturated heterocycles. The summed E-state index contributed by atoms with van der Waals surface area (Å²) >= 11 is 0. The first kappa shape index (κ1) is 13.5. The Balaban J connectivity index is 3.00. The summed E-state index contributed by atoms with van der Waals surface area (Å²) in [7, 11) is 1.20. The summed E-state index contributed by atoms with van der Waals surface area (Å²) < 4.78 is 43.1. The van der Waals surface area contributed by atoms with Crippen molar-refractivity contribution in [1.29, 1.82) is 0 Å². The van der Waals surface area contributed by atoms with Crippen molar-refractivity contribution in [2.45, 2.75) is 12.3 Å². The number of halogens is 3. The second-order valence-corrected chi connectivity index (χ2v) is 3.51. The van der Waals surface area contributed by atoms with Gasteiger partial charge in [0.05, 0.1) is 13.5 Å². The van der Waals surface area contributed by atoms with E-state index in [0.717, 1.165) is 12.1 Å². The van der Waals surface area contributed by atoms with Crippen molar-refractivity contribution in [3.63, 3.8) is 0 Å². The maximum absolute atomic E-state index is 13.0. The van der Waals surface area contributed by atoms with Gasteiger partial charge in [0.1, 0.15) is 0 Å². The molecule has 6 heteroatoms. The van der Waals surface area contributed by atoms with Crippen LogP contribution in [0, 0.1) is 17.5 Å². The summed E-state index contributed by atoms with van der Waals surface area (Å²) in [5.41, 5.74) is 5.53. The predicted molar refractivity (Wildman–Crippen MR) is 54.7 cm³/mol. The Kier molecular flexibility index (Phi) is 4.51. The van der Waals surface area contributed by atoms with Gasteiger partial charge in [0.15, 0.2) is 17.5 Å². The Labute approximate surface area is 96.4 Å². The lowest BCUT2D eigenvalue weighted by molar-refractivity contribution is -0.141. The maximum atomic E-state index is 13.0.